The van der Waals surface area contributed by atoms with Gasteiger partial charge in [-0.25, -0.2) is 9.69 Å². The van der Waals surface area contributed by atoms with Crippen molar-refractivity contribution in [1.82, 2.24) is 0 Å². The van der Waals surface area contributed by atoms with E-state index in [1.807, 2.05) is 48.5 Å². The second-order valence-corrected chi connectivity index (χ2v) is 11.2. The Morgan fingerprint density at radius 3 is 1.00 bits per heavy atom. The van der Waals surface area contributed by atoms with E-state index in [1.54, 1.807) is 0 Å². The zero-order valence-electron chi connectivity index (χ0n) is 23.8. The molecule has 0 bridgehead atoms. The number of benzene rings is 8. The second kappa shape index (κ2) is 10.2. The lowest BCUT2D eigenvalue weighted by Gasteiger charge is -2.14. The maximum absolute atomic E-state index is 7.32. The molecule has 8 rings (SSSR count). The minimum absolute atomic E-state index is 0.627. The first-order valence-corrected chi connectivity index (χ1v) is 14.6. The zero-order valence-corrected chi connectivity index (χ0v) is 23.8. The van der Waals surface area contributed by atoms with Crippen molar-refractivity contribution in [2.75, 3.05) is 0 Å². The smallest absolute Gasteiger partial charge is 0.187 e. The Morgan fingerprint density at radius 2 is 0.614 bits per heavy atom. The van der Waals surface area contributed by atoms with Crippen LogP contribution in [0.3, 0.4) is 0 Å². The molecule has 0 amide bonds. The van der Waals surface area contributed by atoms with E-state index in [9.17, 15) is 0 Å². The van der Waals surface area contributed by atoms with E-state index in [1.165, 1.54) is 43.4 Å². The van der Waals surface area contributed by atoms with E-state index >= 15 is 0 Å². The summed E-state index contributed by atoms with van der Waals surface area (Å²) in [6.45, 7) is 14.6. The van der Waals surface area contributed by atoms with Crippen molar-refractivity contribution in [1.29, 1.82) is 0 Å². The van der Waals surface area contributed by atoms with Crippen LogP contribution in [0.1, 0.15) is 0 Å². The molecule has 0 N–H and O–H groups in total. The number of nitrogens with zero attached hydrogens (tertiary/aromatic N) is 2. The van der Waals surface area contributed by atoms with Crippen molar-refractivity contribution in [3.63, 3.8) is 0 Å². The van der Waals surface area contributed by atoms with Gasteiger partial charge in [0.2, 0.25) is 0 Å². The van der Waals surface area contributed by atoms with Gasteiger partial charge >= 0.3 is 0 Å². The maximum Gasteiger partial charge on any atom is 0.187 e. The van der Waals surface area contributed by atoms with Gasteiger partial charge in [-0.3, -0.25) is 0 Å². The third kappa shape index (κ3) is 4.35. The van der Waals surface area contributed by atoms with Crippen LogP contribution in [0, 0.1) is 13.1 Å². The summed E-state index contributed by atoms with van der Waals surface area (Å²) >= 11 is 0. The number of hydrogen-bond acceptors (Lipinski definition) is 0. The summed E-state index contributed by atoms with van der Waals surface area (Å²) in [7, 11) is 0. The molecule has 0 radical (unpaired) electrons. The molecule has 0 spiro atoms. The van der Waals surface area contributed by atoms with E-state index in [0.29, 0.717) is 11.4 Å². The van der Waals surface area contributed by atoms with Crippen molar-refractivity contribution in [2.45, 2.75) is 0 Å². The maximum atomic E-state index is 7.32. The predicted molar refractivity (Wildman–Crippen MR) is 184 cm³/mol. The van der Waals surface area contributed by atoms with Crippen LogP contribution in [0.5, 0.6) is 0 Å². The fourth-order valence-electron chi connectivity index (χ4n) is 6.36. The summed E-state index contributed by atoms with van der Waals surface area (Å²) in [5, 5.41) is 7.76. The standard InChI is InChI=1S/C42H24N2/c1-43-39-18-14-29(15-19-39)37-24-36(25-38(26-37)30-16-20-40(44-2)21-17-30)28-8-6-27(7-9-28)35-22-33-12-10-31-4-3-5-32-11-13-34(23-35)42(33)41(31)32/h3-26H. The molecule has 0 aliphatic carbocycles. The highest BCUT2D eigenvalue weighted by molar-refractivity contribution is 6.23. The lowest BCUT2D eigenvalue weighted by Crippen LogP contribution is -1.87. The highest BCUT2D eigenvalue weighted by atomic mass is 14.6. The fraction of sp³-hybridized carbons (Fsp3) is 0. The van der Waals surface area contributed by atoms with Gasteiger partial charge in [-0.05, 0) is 107 Å². The van der Waals surface area contributed by atoms with E-state index in [2.05, 4.69) is 107 Å². The highest BCUT2D eigenvalue weighted by Gasteiger charge is 2.12. The molecule has 0 heterocycles. The van der Waals surface area contributed by atoms with Crippen LogP contribution in [-0.2, 0) is 0 Å². The van der Waals surface area contributed by atoms with Gasteiger partial charge in [0.05, 0.1) is 13.1 Å². The summed E-state index contributed by atoms with van der Waals surface area (Å²) in [5.74, 6) is 0. The molecule has 0 unspecified atom stereocenters. The summed E-state index contributed by atoms with van der Waals surface area (Å²) < 4.78 is 0. The van der Waals surface area contributed by atoms with Crippen LogP contribution in [0.2, 0.25) is 0 Å². The lowest BCUT2D eigenvalue weighted by atomic mass is 9.90. The van der Waals surface area contributed by atoms with Gasteiger partial charge in [0, 0.05) is 0 Å². The summed E-state index contributed by atoms with van der Waals surface area (Å²) in [6, 6.07) is 51.0. The Hall–Kier alpha value is -6.22. The molecule has 0 aliphatic heterocycles. The number of hydrogen-bond donors (Lipinski definition) is 0. The minimum atomic E-state index is 0.627. The van der Waals surface area contributed by atoms with E-state index in [-0.39, 0.29) is 0 Å². The van der Waals surface area contributed by atoms with Crippen LogP contribution in [-0.4, -0.2) is 0 Å². The van der Waals surface area contributed by atoms with Crippen LogP contribution >= 0.6 is 0 Å². The first-order chi connectivity index (χ1) is 21.7. The minimum Gasteiger partial charge on any atom is -0.238 e. The SMILES string of the molecule is [C-]#[N+]c1ccc(-c2cc(-c3ccc([N+]#[C-])cc3)cc(-c3ccc(-c4cc5ccc6cccc7ccc(c4)c5c67)cc3)c2)cc1. The molecule has 2 nitrogen and oxygen atoms in total. The van der Waals surface area contributed by atoms with Gasteiger partial charge in [-0.15, -0.1) is 0 Å². The lowest BCUT2D eigenvalue weighted by molar-refractivity contribution is 1.56. The molecule has 8 aromatic carbocycles. The molecular weight excluding hydrogens is 532 g/mol. The molecular formula is C42H24N2. The first-order valence-electron chi connectivity index (χ1n) is 14.6. The Balaban J connectivity index is 1.21. The van der Waals surface area contributed by atoms with Gasteiger partial charge in [0.1, 0.15) is 0 Å². The topological polar surface area (TPSA) is 8.72 Å². The average Bonchev–Trinajstić information content (AvgIpc) is 3.10. The molecule has 8 aromatic rings. The van der Waals surface area contributed by atoms with E-state index in [0.717, 1.165) is 33.4 Å². The Morgan fingerprint density at radius 1 is 0.295 bits per heavy atom. The molecule has 44 heavy (non-hydrogen) atoms. The normalized spacial score (nSPS) is 11.1. The van der Waals surface area contributed by atoms with Gasteiger partial charge in [-0.2, -0.15) is 0 Å². The summed E-state index contributed by atoms with van der Waals surface area (Å²) in [5.41, 5.74) is 10.2. The van der Waals surface area contributed by atoms with E-state index in [4.69, 9.17) is 13.1 Å². The Bertz CT molecular complexity index is 2280. The van der Waals surface area contributed by atoms with Gasteiger partial charge in [0.25, 0.3) is 0 Å². The molecule has 0 atom stereocenters. The van der Waals surface area contributed by atoms with Crippen molar-refractivity contribution >= 4 is 43.7 Å². The van der Waals surface area contributed by atoms with Crippen molar-refractivity contribution in [3.8, 4) is 44.5 Å². The second-order valence-electron chi connectivity index (χ2n) is 11.2. The van der Waals surface area contributed by atoms with Crippen LogP contribution < -0.4 is 0 Å². The number of rotatable bonds is 4. The molecule has 0 aromatic heterocycles. The van der Waals surface area contributed by atoms with Gasteiger partial charge < -0.3 is 0 Å². The summed E-state index contributed by atoms with van der Waals surface area (Å²) in [4.78, 5) is 7.10. The Kier molecular flexibility index (Phi) is 5.94. The molecule has 202 valence electrons. The quantitative estimate of drug-likeness (QED) is 0.151. The largest absolute Gasteiger partial charge is 0.238 e. The van der Waals surface area contributed by atoms with Crippen molar-refractivity contribution in [3.05, 3.63) is 168 Å². The molecule has 0 saturated carbocycles. The molecule has 0 aliphatic rings. The molecule has 0 saturated heterocycles. The molecule has 0 fully saturated rings. The fourth-order valence-corrected chi connectivity index (χ4v) is 6.36. The Labute approximate surface area is 256 Å². The van der Waals surface area contributed by atoms with Crippen molar-refractivity contribution in [2.24, 2.45) is 0 Å². The average molecular weight is 557 g/mol. The highest BCUT2D eigenvalue weighted by Crippen LogP contribution is 2.39. The van der Waals surface area contributed by atoms with Crippen molar-refractivity contribution < 1.29 is 0 Å². The van der Waals surface area contributed by atoms with Gasteiger partial charge in [-0.1, -0.05) is 115 Å². The van der Waals surface area contributed by atoms with Gasteiger partial charge in [0.15, 0.2) is 11.4 Å². The predicted octanol–water partition coefficient (Wildman–Crippen LogP) is 12.4. The third-order valence-electron chi connectivity index (χ3n) is 8.61. The van der Waals surface area contributed by atoms with Crippen LogP contribution in [0.25, 0.3) is 86.5 Å². The van der Waals surface area contributed by atoms with Crippen LogP contribution in [0.4, 0.5) is 11.4 Å². The third-order valence-corrected chi connectivity index (χ3v) is 8.61. The van der Waals surface area contributed by atoms with Crippen LogP contribution in [0.15, 0.2) is 146 Å². The zero-order chi connectivity index (χ0) is 29.6. The molecule has 2 heteroatoms. The monoisotopic (exact) mass is 556 g/mol. The first kappa shape index (κ1) is 25.5. The summed E-state index contributed by atoms with van der Waals surface area (Å²) in [6.07, 6.45) is 0. The van der Waals surface area contributed by atoms with E-state index < -0.39 is 0 Å².